The largest absolute Gasteiger partial charge is 0.298 e. The molecule has 1 fully saturated rings. The van der Waals surface area contributed by atoms with Gasteiger partial charge in [-0.15, -0.1) is 11.3 Å². The molecular weight excluding hydrogens is 196 g/mol. The summed E-state index contributed by atoms with van der Waals surface area (Å²) in [5, 5.41) is 3.08. The number of aromatic nitrogens is 1. The standard InChI is InChI=1S/C10H16N2OS/c1-8(10-11-6-7-14-10)12-13-9-4-2-3-5-9/h6-9,12H,2-5H2,1H3. The van der Waals surface area contributed by atoms with Gasteiger partial charge in [0, 0.05) is 11.6 Å². The van der Waals surface area contributed by atoms with Gasteiger partial charge >= 0.3 is 0 Å². The first-order valence-corrected chi connectivity index (χ1v) is 6.05. The van der Waals surface area contributed by atoms with E-state index in [0.29, 0.717) is 6.10 Å². The fourth-order valence-corrected chi connectivity index (χ4v) is 2.34. The van der Waals surface area contributed by atoms with Crippen molar-refractivity contribution < 1.29 is 4.84 Å². The lowest BCUT2D eigenvalue weighted by Gasteiger charge is -2.15. The average Bonchev–Trinajstić information content (AvgIpc) is 2.87. The molecule has 0 amide bonds. The molecule has 0 aliphatic heterocycles. The Hall–Kier alpha value is -0.450. The third-order valence-electron chi connectivity index (χ3n) is 2.54. The number of rotatable bonds is 4. The van der Waals surface area contributed by atoms with E-state index in [-0.39, 0.29) is 6.04 Å². The first kappa shape index (κ1) is 10.1. The van der Waals surface area contributed by atoms with Crippen molar-refractivity contribution in [3.63, 3.8) is 0 Å². The lowest BCUT2D eigenvalue weighted by atomic mass is 10.3. The molecule has 1 atom stereocenters. The number of hydrogen-bond acceptors (Lipinski definition) is 4. The SMILES string of the molecule is CC(NOC1CCCC1)c1nccs1. The molecule has 1 saturated carbocycles. The number of nitrogens with one attached hydrogen (secondary N) is 1. The van der Waals surface area contributed by atoms with E-state index in [4.69, 9.17) is 4.84 Å². The summed E-state index contributed by atoms with van der Waals surface area (Å²) in [6, 6.07) is 0.204. The molecule has 1 aliphatic carbocycles. The molecule has 0 radical (unpaired) electrons. The predicted octanol–water partition coefficient (Wildman–Crippen LogP) is 2.67. The Morgan fingerprint density at radius 3 is 3.00 bits per heavy atom. The van der Waals surface area contributed by atoms with Crippen LogP contribution in [0.1, 0.15) is 43.7 Å². The highest BCUT2D eigenvalue weighted by Gasteiger charge is 2.17. The van der Waals surface area contributed by atoms with Gasteiger partial charge in [-0.2, -0.15) is 5.48 Å². The molecule has 0 spiro atoms. The van der Waals surface area contributed by atoms with Crippen LogP contribution in [0.3, 0.4) is 0 Å². The van der Waals surface area contributed by atoms with E-state index >= 15 is 0 Å². The summed E-state index contributed by atoms with van der Waals surface area (Å²) in [6.07, 6.45) is 7.23. The number of thiazole rings is 1. The van der Waals surface area contributed by atoms with Crippen LogP contribution in [0, 0.1) is 0 Å². The fourth-order valence-electron chi connectivity index (χ4n) is 1.70. The molecular formula is C10H16N2OS. The summed E-state index contributed by atoms with van der Waals surface area (Å²) in [6.45, 7) is 2.08. The Labute approximate surface area is 88.5 Å². The maximum absolute atomic E-state index is 5.61. The van der Waals surface area contributed by atoms with Crippen molar-refractivity contribution in [3.05, 3.63) is 16.6 Å². The van der Waals surface area contributed by atoms with Crippen LogP contribution < -0.4 is 5.48 Å². The van der Waals surface area contributed by atoms with Gasteiger partial charge in [-0.3, -0.25) is 4.84 Å². The predicted molar refractivity (Wildman–Crippen MR) is 57.0 cm³/mol. The van der Waals surface area contributed by atoms with Crippen LogP contribution in [-0.2, 0) is 4.84 Å². The quantitative estimate of drug-likeness (QED) is 0.779. The zero-order chi connectivity index (χ0) is 9.80. The molecule has 1 aromatic heterocycles. The van der Waals surface area contributed by atoms with Gasteiger partial charge in [0.25, 0.3) is 0 Å². The monoisotopic (exact) mass is 212 g/mol. The lowest BCUT2D eigenvalue weighted by molar-refractivity contribution is -0.0377. The average molecular weight is 212 g/mol. The molecule has 0 aromatic carbocycles. The van der Waals surface area contributed by atoms with Crippen molar-refractivity contribution in [2.75, 3.05) is 0 Å². The van der Waals surface area contributed by atoms with Gasteiger partial charge < -0.3 is 0 Å². The second-order valence-corrected chi connectivity index (χ2v) is 4.66. The van der Waals surface area contributed by atoms with Gasteiger partial charge in [0.2, 0.25) is 0 Å². The van der Waals surface area contributed by atoms with Crippen LogP contribution in [0.25, 0.3) is 0 Å². The second kappa shape index (κ2) is 4.87. The Morgan fingerprint density at radius 2 is 2.36 bits per heavy atom. The van der Waals surface area contributed by atoms with Gasteiger partial charge in [-0.1, -0.05) is 12.8 Å². The van der Waals surface area contributed by atoms with Crippen LogP contribution >= 0.6 is 11.3 Å². The highest BCUT2D eigenvalue weighted by atomic mass is 32.1. The van der Waals surface area contributed by atoms with E-state index in [1.54, 1.807) is 11.3 Å². The Morgan fingerprint density at radius 1 is 1.57 bits per heavy atom. The summed E-state index contributed by atoms with van der Waals surface area (Å²) in [5.41, 5.74) is 3.07. The van der Waals surface area contributed by atoms with Gasteiger partial charge in [0.15, 0.2) is 0 Å². The number of nitrogens with zero attached hydrogens (tertiary/aromatic N) is 1. The maximum Gasteiger partial charge on any atom is 0.112 e. The van der Waals surface area contributed by atoms with Gasteiger partial charge in [0.1, 0.15) is 5.01 Å². The van der Waals surface area contributed by atoms with Crippen LogP contribution in [-0.4, -0.2) is 11.1 Å². The molecule has 0 bridgehead atoms. The summed E-state index contributed by atoms with van der Waals surface area (Å²) in [5.74, 6) is 0. The molecule has 1 aliphatic rings. The third kappa shape index (κ3) is 2.53. The van der Waals surface area contributed by atoms with Crippen molar-refractivity contribution in [1.82, 2.24) is 10.5 Å². The molecule has 78 valence electrons. The minimum Gasteiger partial charge on any atom is -0.298 e. The zero-order valence-electron chi connectivity index (χ0n) is 8.40. The van der Waals surface area contributed by atoms with Crippen LogP contribution in [0.4, 0.5) is 0 Å². The minimum absolute atomic E-state index is 0.204. The van der Waals surface area contributed by atoms with Gasteiger partial charge in [-0.05, 0) is 19.8 Å². The first-order valence-electron chi connectivity index (χ1n) is 5.17. The van der Waals surface area contributed by atoms with Gasteiger partial charge in [0.05, 0.1) is 12.1 Å². The summed E-state index contributed by atoms with van der Waals surface area (Å²) < 4.78 is 0. The smallest absolute Gasteiger partial charge is 0.112 e. The Kier molecular flexibility index (Phi) is 3.50. The second-order valence-electron chi connectivity index (χ2n) is 3.73. The summed E-state index contributed by atoms with van der Waals surface area (Å²) in [7, 11) is 0. The molecule has 1 N–H and O–H groups in total. The van der Waals surface area contributed by atoms with Crippen molar-refractivity contribution in [2.24, 2.45) is 0 Å². The van der Waals surface area contributed by atoms with E-state index in [2.05, 4.69) is 17.4 Å². The summed E-state index contributed by atoms with van der Waals surface area (Å²) >= 11 is 1.66. The molecule has 1 unspecified atom stereocenters. The van der Waals surface area contributed by atoms with E-state index in [9.17, 15) is 0 Å². The van der Waals surface area contributed by atoms with Gasteiger partial charge in [-0.25, -0.2) is 4.98 Å². The number of hydrogen-bond donors (Lipinski definition) is 1. The molecule has 1 aromatic rings. The van der Waals surface area contributed by atoms with E-state index in [0.717, 1.165) is 5.01 Å². The molecule has 4 heteroatoms. The minimum atomic E-state index is 0.204. The maximum atomic E-state index is 5.61. The topological polar surface area (TPSA) is 34.1 Å². The third-order valence-corrected chi connectivity index (χ3v) is 3.49. The van der Waals surface area contributed by atoms with E-state index in [1.165, 1.54) is 25.7 Å². The lowest BCUT2D eigenvalue weighted by Crippen LogP contribution is -2.24. The number of hydroxylamine groups is 1. The molecule has 0 saturated heterocycles. The van der Waals surface area contributed by atoms with Crippen molar-refractivity contribution in [2.45, 2.75) is 44.8 Å². The molecule has 2 rings (SSSR count). The highest BCUT2D eigenvalue weighted by Crippen LogP contribution is 2.21. The van der Waals surface area contributed by atoms with Crippen LogP contribution in [0.15, 0.2) is 11.6 Å². The van der Waals surface area contributed by atoms with Crippen molar-refractivity contribution >= 4 is 11.3 Å². The zero-order valence-corrected chi connectivity index (χ0v) is 9.22. The first-order chi connectivity index (χ1) is 6.86. The van der Waals surface area contributed by atoms with Crippen molar-refractivity contribution in [3.8, 4) is 0 Å². The van der Waals surface area contributed by atoms with Crippen molar-refractivity contribution in [1.29, 1.82) is 0 Å². The summed E-state index contributed by atoms with van der Waals surface area (Å²) in [4.78, 5) is 9.84. The molecule has 1 heterocycles. The normalized spacial score (nSPS) is 20.1. The van der Waals surface area contributed by atoms with Crippen LogP contribution in [0.2, 0.25) is 0 Å². The molecule has 3 nitrogen and oxygen atoms in total. The van der Waals surface area contributed by atoms with E-state index in [1.807, 2.05) is 11.6 Å². The molecule has 14 heavy (non-hydrogen) atoms. The fraction of sp³-hybridized carbons (Fsp3) is 0.700. The highest BCUT2D eigenvalue weighted by molar-refractivity contribution is 7.09. The Bertz CT molecular complexity index is 257. The van der Waals surface area contributed by atoms with E-state index < -0.39 is 0 Å². The van der Waals surface area contributed by atoms with Crippen LogP contribution in [0.5, 0.6) is 0 Å². The Balaban J connectivity index is 1.74.